The lowest BCUT2D eigenvalue weighted by Gasteiger charge is -2.11. The van der Waals surface area contributed by atoms with Crippen LogP contribution in [0, 0.1) is 0 Å². The van der Waals surface area contributed by atoms with Crippen LogP contribution in [-0.2, 0) is 0 Å². The minimum atomic E-state index is 0.644. The Hall–Kier alpha value is -14.6. The molecule has 0 saturated carbocycles. The van der Waals surface area contributed by atoms with Crippen molar-refractivity contribution in [2.75, 3.05) is 0 Å². The van der Waals surface area contributed by atoms with Gasteiger partial charge in [0.15, 0.2) is 23.0 Å². The molecule has 110 heavy (non-hydrogen) atoms. The molecule has 0 aliphatic heterocycles. The average molecular weight is 1420 g/mol. The number of hydrogen-bond donors (Lipinski definition) is 0. The number of hydrogen-bond acceptors (Lipinski definition) is 6. The maximum atomic E-state index is 6.84. The molecule has 10 heterocycles. The normalized spacial score (nSPS) is 12.5. The van der Waals surface area contributed by atoms with Crippen LogP contribution in [0.4, 0.5) is 0 Å². The van der Waals surface area contributed by atoms with Crippen LogP contribution in [0.2, 0.25) is 0 Å². The molecule has 10 heteroatoms. The van der Waals surface area contributed by atoms with Crippen LogP contribution in [0.15, 0.2) is 332 Å². The molecule has 0 aliphatic carbocycles. The average Bonchev–Trinajstić information content (AvgIpc) is 1.51. The molecule has 0 bridgehead atoms. The van der Waals surface area contributed by atoms with Gasteiger partial charge in [0, 0.05) is 113 Å². The lowest BCUT2D eigenvalue weighted by molar-refractivity contribution is 0.662. The van der Waals surface area contributed by atoms with Gasteiger partial charge in [-0.3, -0.25) is 4.57 Å². The van der Waals surface area contributed by atoms with Gasteiger partial charge in [0.2, 0.25) is 0 Å². The number of para-hydroxylation sites is 5. The van der Waals surface area contributed by atoms with Gasteiger partial charge < -0.3 is 17.8 Å². The highest BCUT2D eigenvalue weighted by Gasteiger charge is 2.30. The van der Waals surface area contributed by atoms with Crippen LogP contribution in [0.3, 0.4) is 0 Å². The molecule has 0 unspecified atom stereocenters. The van der Waals surface area contributed by atoms with Gasteiger partial charge in [-0.2, -0.15) is 0 Å². The van der Waals surface area contributed by atoms with E-state index in [1.165, 1.54) is 135 Å². The molecule has 0 spiro atoms. The molecular weight excluding hydrogens is 1360 g/mol. The quantitative estimate of drug-likeness (QED) is 0.159. The summed E-state index contributed by atoms with van der Waals surface area (Å²) in [6.07, 6.45) is 0. The first kappa shape index (κ1) is 58.7. The fraction of sp³-hybridized carbons (Fsp3) is 0. The highest BCUT2D eigenvalue weighted by Crippen LogP contribution is 2.52. The first-order valence-corrected chi connectivity index (χ1v) is 38.2. The standard InChI is InChI=1S/C100H54N8OS/c1-2-20-60(21-3-1)99-102-90-71-27-10-16-35-83(71)109-96(90)100(104-99)106-80-34-15-9-26-70(80)86-82(106)54-76-67-24-7-13-32-78(67)108-93-68-30-18-29-63(65(68)51-52-74(93)88(86)95(76)108)58-41-37-55(38-42-58)56-39-43-59(44-40-56)89-97-91(72-28-11-17-36-84(72)110-97)103-98(101-89)61-45-48-62(49-46-61)105-79-33-14-8-25-69(79)85-81(105)53-75-66-23-6-12-31-77(66)107-92-64-22-5-4-19-57(64)47-50-73(92)87(85)94(75)107/h1-54H. The van der Waals surface area contributed by atoms with Crippen LogP contribution in [0.5, 0.6) is 0 Å². The Labute approximate surface area is 628 Å². The third-order valence-corrected chi connectivity index (χ3v) is 25.0. The summed E-state index contributed by atoms with van der Waals surface area (Å²) in [5.41, 5.74) is 24.5. The van der Waals surface area contributed by atoms with Crippen LogP contribution in [-0.4, -0.2) is 37.9 Å². The fourth-order valence-electron chi connectivity index (χ4n) is 19.2. The Morgan fingerprint density at radius 2 is 0.773 bits per heavy atom. The number of aromatic nitrogens is 8. The molecule has 0 atom stereocenters. The molecule has 9 nitrogen and oxygen atoms in total. The van der Waals surface area contributed by atoms with Gasteiger partial charge in [0.05, 0.1) is 71.1 Å². The van der Waals surface area contributed by atoms with Crippen molar-refractivity contribution in [2.24, 2.45) is 0 Å². The number of benzene rings is 16. The second-order valence-electron chi connectivity index (χ2n) is 29.4. The number of furan rings is 1. The summed E-state index contributed by atoms with van der Waals surface area (Å²) in [4.78, 5) is 21.7. The van der Waals surface area contributed by atoms with Gasteiger partial charge in [-0.25, -0.2) is 19.9 Å². The molecule has 0 aliphatic rings. The summed E-state index contributed by atoms with van der Waals surface area (Å²) in [6.45, 7) is 0. The minimum absolute atomic E-state index is 0.644. The van der Waals surface area contributed by atoms with Crippen molar-refractivity contribution >= 4 is 195 Å². The second kappa shape index (κ2) is 21.6. The third-order valence-electron chi connectivity index (χ3n) is 23.8. The summed E-state index contributed by atoms with van der Waals surface area (Å²) in [5.74, 6) is 2.04. The van der Waals surface area contributed by atoms with E-state index in [1.807, 2.05) is 36.4 Å². The maximum absolute atomic E-state index is 6.84. The first-order valence-electron chi connectivity index (χ1n) is 37.4. The van der Waals surface area contributed by atoms with E-state index in [0.29, 0.717) is 23.0 Å². The van der Waals surface area contributed by atoms with Crippen molar-refractivity contribution in [2.45, 2.75) is 0 Å². The molecule has 506 valence electrons. The van der Waals surface area contributed by atoms with Crippen LogP contribution in [0.1, 0.15) is 0 Å². The molecule has 0 saturated heterocycles. The molecule has 10 aromatic heterocycles. The Kier molecular flexibility index (Phi) is 11.5. The van der Waals surface area contributed by atoms with Crippen molar-refractivity contribution in [3.63, 3.8) is 0 Å². The maximum Gasteiger partial charge on any atom is 0.197 e. The van der Waals surface area contributed by atoms with Crippen molar-refractivity contribution in [1.82, 2.24) is 37.9 Å². The van der Waals surface area contributed by atoms with E-state index < -0.39 is 0 Å². The van der Waals surface area contributed by atoms with Crippen LogP contribution < -0.4 is 0 Å². The Morgan fingerprint density at radius 1 is 0.273 bits per heavy atom. The highest BCUT2D eigenvalue weighted by atomic mass is 32.1. The predicted molar refractivity (Wildman–Crippen MR) is 458 cm³/mol. The van der Waals surface area contributed by atoms with E-state index in [1.54, 1.807) is 11.3 Å². The second-order valence-corrected chi connectivity index (χ2v) is 30.5. The van der Waals surface area contributed by atoms with Gasteiger partial charge in [-0.1, -0.05) is 249 Å². The molecule has 0 amide bonds. The lowest BCUT2D eigenvalue weighted by atomic mass is 9.94. The highest BCUT2D eigenvalue weighted by molar-refractivity contribution is 7.26. The summed E-state index contributed by atoms with van der Waals surface area (Å²) >= 11 is 1.76. The number of thiophene rings is 1. The molecule has 26 rings (SSSR count). The SMILES string of the molecule is c1ccc(-c2nc(-n3c4ccccc4c4c5c6ccc7c(-c8ccc(-c9ccc(-c%10nc(-c%11ccc(-n%12c%13ccccc%13c%13c%14c%15ccc%16ccccc%16c%15n%15c%16ccccc%16c(cc%13%12)c%14%15)cc%11)nc%11c%10sc%10ccccc%10%11)cc9)cc8)cccc7c6n6c7ccccc7c(cc43)c56)c3oc4ccccc4c3n2)cc1. The topological polar surface area (TPSA) is 83.4 Å². The monoisotopic (exact) mass is 1410 g/mol. The van der Waals surface area contributed by atoms with Gasteiger partial charge >= 0.3 is 0 Å². The number of rotatable bonds is 7. The third kappa shape index (κ3) is 7.77. The number of fused-ring (bicyclic) bond motifs is 30. The zero-order valence-electron chi connectivity index (χ0n) is 58.6. The van der Waals surface area contributed by atoms with E-state index in [-0.39, 0.29) is 0 Å². The van der Waals surface area contributed by atoms with Crippen molar-refractivity contribution in [1.29, 1.82) is 0 Å². The van der Waals surface area contributed by atoms with Gasteiger partial charge in [-0.15, -0.1) is 11.3 Å². The Morgan fingerprint density at radius 3 is 1.47 bits per heavy atom. The largest absolute Gasteiger partial charge is 0.450 e. The van der Waals surface area contributed by atoms with E-state index >= 15 is 0 Å². The molecule has 26 aromatic rings. The smallest absolute Gasteiger partial charge is 0.197 e. The minimum Gasteiger partial charge on any atom is -0.450 e. The number of nitrogens with zero attached hydrogens (tertiary/aromatic N) is 8. The zero-order valence-corrected chi connectivity index (χ0v) is 59.4. The van der Waals surface area contributed by atoms with Gasteiger partial charge in [-0.05, 0) is 112 Å². The Bertz CT molecular complexity index is 8510. The fourth-order valence-corrected chi connectivity index (χ4v) is 20.3. The molecule has 0 N–H and O–H groups in total. The Balaban J connectivity index is 0.575. The van der Waals surface area contributed by atoms with Crippen molar-refractivity contribution < 1.29 is 4.42 Å². The van der Waals surface area contributed by atoms with Crippen molar-refractivity contribution in [3.8, 4) is 67.8 Å². The van der Waals surface area contributed by atoms with Gasteiger partial charge in [0.25, 0.3) is 0 Å². The van der Waals surface area contributed by atoms with E-state index in [2.05, 4.69) is 309 Å². The summed E-state index contributed by atoms with van der Waals surface area (Å²) in [6, 6.07) is 119. The lowest BCUT2D eigenvalue weighted by Crippen LogP contribution is -2.01. The van der Waals surface area contributed by atoms with E-state index in [4.69, 9.17) is 24.4 Å². The van der Waals surface area contributed by atoms with E-state index in [0.717, 1.165) is 93.3 Å². The van der Waals surface area contributed by atoms with Crippen LogP contribution in [0.25, 0.3) is 252 Å². The summed E-state index contributed by atoms with van der Waals surface area (Å²) in [7, 11) is 0. The first-order chi connectivity index (χ1) is 54.6. The summed E-state index contributed by atoms with van der Waals surface area (Å²) < 4.78 is 19.0. The predicted octanol–water partition coefficient (Wildman–Crippen LogP) is 26.7. The van der Waals surface area contributed by atoms with Crippen molar-refractivity contribution in [3.05, 3.63) is 328 Å². The zero-order chi connectivity index (χ0) is 71.3. The molecule has 16 aromatic carbocycles. The van der Waals surface area contributed by atoms with Gasteiger partial charge in [0.1, 0.15) is 11.1 Å². The summed E-state index contributed by atoms with van der Waals surface area (Å²) in [5, 5.41) is 21.7. The van der Waals surface area contributed by atoms with Crippen LogP contribution >= 0.6 is 11.3 Å². The molecular formula is C100H54N8OS. The molecule has 0 fully saturated rings. The van der Waals surface area contributed by atoms with E-state index in [9.17, 15) is 0 Å². The molecule has 0 radical (unpaired) electrons.